The Labute approximate surface area is 229 Å². The molecule has 0 aliphatic heterocycles. The molecule has 1 aliphatic rings. The number of benzene rings is 2. The van der Waals surface area contributed by atoms with Gasteiger partial charge in [0.05, 0.1) is 39.6 Å². The Kier molecular flexibility index (Phi) is 12.4. The van der Waals surface area contributed by atoms with Gasteiger partial charge in [-0.05, 0) is 99.0 Å². The van der Waals surface area contributed by atoms with Crippen LogP contribution in [0, 0.1) is 11.8 Å². The predicted molar refractivity (Wildman–Crippen MR) is 157 cm³/mol. The topological polar surface area (TPSA) is 49.3 Å². The second-order valence-electron chi connectivity index (χ2n) is 10.2. The van der Waals surface area contributed by atoms with E-state index in [4.69, 9.17) is 23.9 Å². The van der Waals surface area contributed by atoms with Gasteiger partial charge in [-0.2, -0.15) is 0 Å². The average Bonchev–Trinajstić information content (AvgIpc) is 3.39. The second-order valence-corrected chi connectivity index (χ2v) is 10.2. The van der Waals surface area contributed by atoms with E-state index in [2.05, 4.69) is 37.9 Å². The third kappa shape index (κ3) is 9.05. The van der Waals surface area contributed by atoms with E-state index in [9.17, 15) is 0 Å². The van der Waals surface area contributed by atoms with E-state index in [0.29, 0.717) is 31.7 Å². The molecule has 0 radical (unpaired) electrons. The van der Waals surface area contributed by atoms with Gasteiger partial charge in [0.2, 0.25) is 0 Å². The third-order valence-corrected chi connectivity index (χ3v) is 7.61. The van der Waals surface area contributed by atoms with E-state index in [-0.39, 0.29) is 5.54 Å². The molecule has 3 atom stereocenters. The lowest BCUT2D eigenvalue weighted by atomic mass is 9.76. The summed E-state index contributed by atoms with van der Waals surface area (Å²) in [6.07, 6.45) is 16.4. The van der Waals surface area contributed by atoms with Crippen molar-refractivity contribution in [1.82, 2.24) is 0 Å². The Morgan fingerprint density at radius 1 is 0.947 bits per heavy atom. The Bertz CT molecular complexity index is 999. The largest absolute Gasteiger partial charge is 0.497 e. The maximum atomic E-state index is 6.10. The minimum Gasteiger partial charge on any atom is -0.497 e. The van der Waals surface area contributed by atoms with E-state index >= 15 is 0 Å². The standard InChI is InChI=1S/C33H45NO4/c1-27(25-38-31-20-18-30(36-4)19-21-31)32-13-12-23-33(32,34-2)22-10-8-6-5-7-9-11-24-37-26-28-14-16-29(35-3)17-15-28/h5-7,9,14-21,27,32H,2,8,10-13,22-26H2,1,3-4H3/b6-5-,9-7+/t27-,32?,33+/m0/s1. The predicted octanol–water partition coefficient (Wildman–Crippen LogP) is 7.85. The summed E-state index contributed by atoms with van der Waals surface area (Å²) in [4.78, 5) is 4.73. The molecule has 0 bridgehead atoms. The molecule has 0 heterocycles. The highest BCUT2D eigenvalue weighted by Gasteiger charge is 2.44. The summed E-state index contributed by atoms with van der Waals surface area (Å²) in [6, 6.07) is 15.8. The molecule has 38 heavy (non-hydrogen) atoms. The van der Waals surface area contributed by atoms with Crippen LogP contribution in [0.3, 0.4) is 0 Å². The summed E-state index contributed by atoms with van der Waals surface area (Å²) in [7, 11) is 3.35. The van der Waals surface area contributed by atoms with Gasteiger partial charge in [-0.1, -0.05) is 49.8 Å². The number of aliphatic imine (C=N–C) groups is 1. The van der Waals surface area contributed by atoms with Gasteiger partial charge in [0, 0.05) is 0 Å². The van der Waals surface area contributed by atoms with Crippen molar-refractivity contribution in [2.75, 3.05) is 27.4 Å². The Morgan fingerprint density at radius 2 is 1.58 bits per heavy atom. The molecule has 5 heteroatoms. The van der Waals surface area contributed by atoms with Crippen LogP contribution in [-0.4, -0.2) is 39.7 Å². The quantitative estimate of drug-likeness (QED) is 0.121. The summed E-state index contributed by atoms with van der Waals surface area (Å²) < 4.78 is 22.3. The van der Waals surface area contributed by atoms with Crippen LogP contribution in [-0.2, 0) is 11.3 Å². The Hall–Kier alpha value is -3.05. The highest BCUT2D eigenvalue weighted by molar-refractivity contribution is 5.31. The molecule has 0 amide bonds. The maximum Gasteiger partial charge on any atom is 0.119 e. The van der Waals surface area contributed by atoms with E-state index in [1.165, 1.54) is 12.8 Å². The van der Waals surface area contributed by atoms with Crippen molar-refractivity contribution in [3.8, 4) is 17.2 Å². The fourth-order valence-electron chi connectivity index (χ4n) is 5.44. The van der Waals surface area contributed by atoms with Crippen LogP contribution in [0.15, 0.2) is 77.8 Å². The minimum absolute atomic E-state index is 0.0203. The number of rotatable bonds is 17. The van der Waals surface area contributed by atoms with Gasteiger partial charge in [0.15, 0.2) is 0 Å². The summed E-state index contributed by atoms with van der Waals surface area (Å²) in [5.74, 6) is 3.54. The molecule has 1 saturated carbocycles. The van der Waals surface area contributed by atoms with Crippen molar-refractivity contribution in [2.45, 2.75) is 64.0 Å². The first-order valence-electron chi connectivity index (χ1n) is 13.9. The molecule has 2 aromatic rings. The van der Waals surface area contributed by atoms with Crippen molar-refractivity contribution in [1.29, 1.82) is 0 Å². The fourth-order valence-corrected chi connectivity index (χ4v) is 5.44. The molecule has 2 aromatic carbocycles. The van der Waals surface area contributed by atoms with Crippen molar-refractivity contribution in [3.05, 3.63) is 78.4 Å². The van der Waals surface area contributed by atoms with Gasteiger partial charge in [0.1, 0.15) is 17.2 Å². The SMILES string of the molecule is C=N[C@]1(CCC/C=C\C=C\CCOCc2ccc(OC)cc2)CCCC1[C@@H](C)COc1ccc(OC)cc1. The number of allylic oxidation sites excluding steroid dienone is 3. The zero-order chi connectivity index (χ0) is 27.1. The molecule has 5 nitrogen and oxygen atoms in total. The zero-order valence-corrected chi connectivity index (χ0v) is 23.4. The molecule has 0 N–H and O–H groups in total. The highest BCUT2D eigenvalue weighted by Crippen LogP contribution is 2.46. The average molecular weight is 520 g/mol. The first-order valence-corrected chi connectivity index (χ1v) is 13.9. The summed E-state index contributed by atoms with van der Waals surface area (Å²) in [5, 5.41) is 0. The Balaban J connectivity index is 1.32. The molecule has 0 aromatic heterocycles. The third-order valence-electron chi connectivity index (χ3n) is 7.61. The molecule has 0 spiro atoms. The van der Waals surface area contributed by atoms with E-state index in [0.717, 1.165) is 54.9 Å². The minimum atomic E-state index is -0.0203. The number of methoxy groups -OCH3 is 2. The number of ether oxygens (including phenoxy) is 4. The van der Waals surface area contributed by atoms with Gasteiger partial charge in [0.25, 0.3) is 0 Å². The highest BCUT2D eigenvalue weighted by atomic mass is 16.5. The molecule has 1 aliphatic carbocycles. The molecule has 1 fully saturated rings. The van der Waals surface area contributed by atoms with Crippen LogP contribution in [0.25, 0.3) is 0 Å². The van der Waals surface area contributed by atoms with E-state index < -0.39 is 0 Å². The van der Waals surface area contributed by atoms with Crippen LogP contribution in [0.4, 0.5) is 0 Å². The molecule has 1 unspecified atom stereocenters. The maximum absolute atomic E-state index is 6.10. The van der Waals surface area contributed by atoms with Gasteiger partial charge >= 0.3 is 0 Å². The van der Waals surface area contributed by atoms with Crippen LogP contribution < -0.4 is 14.2 Å². The van der Waals surface area contributed by atoms with E-state index in [1.54, 1.807) is 14.2 Å². The monoisotopic (exact) mass is 519 g/mol. The lowest BCUT2D eigenvalue weighted by Gasteiger charge is -2.35. The van der Waals surface area contributed by atoms with Crippen LogP contribution in [0.5, 0.6) is 17.2 Å². The fraction of sp³-hybridized carbons (Fsp3) is 0.485. The summed E-state index contributed by atoms with van der Waals surface area (Å²) in [6.45, 7) is 8.36. The first kappa shape index (κ1) is 29.5. The van der Waals surface area contributed by atoms with Crippen LogP contribution >= 0.6 is 0 Å². The van der Waals surface area contributed by atoms with Gasteiger partial charge in [-0.15, -0.1) is 0 Å². The van der Waals surface area contributed by atoms with Crippen molar-refractivity contribution in [3.63, 3.8) is 0 Å². The molecular formula is C33H45NO4. The molecule has 3 rings (SSSR count). The van der Waals surface area contributed by atoms with Crippen LogP contribution in [0.2, 0.25) is 0 Å². The van der Waals surface area contributed by atoms with Crippen molar-refractivity contribution in [2.24, 2.45) is 16.8 Å². The number of hydrogen-bond acceptors (Lipinski definition) is 5. The van der Waals surface area contributed by atoms with Crippen molar-refractivity contribution < 1.29 is 18.9 Å². The van der Waals surface area contributed by atoms with Gasteiger partial charge < -0.3 is 18.9 Å². The van der Waals surface area contributed by atoms with Gasteiger partial charge in [-0.25, -0.2) is 0 Å². The van der Waals surface area contributed by atoms with E-state index in [1.807, 2.05) is 48.5 Å². The number of nitrogens with zero attached hydrogens (tertiary/aromatic N) is 1. The summed E-state index contributed by atoms with van der Waals surface area (Å²) >= 11 is 0. The lowest BCUT2D eigenvalue weighted by Crippen LogP contribution is -2.37. The first-order chi connectivity index (χ1) is 18.6. The smallest absolute Gasteiger partial charge is 0.119 e. The Morgan fingerprint density at radius 3 is 2.24 bits per heavy atom. The summed E-state index contributed by atoms with van der Waals surface area (Å²) in [5.41, 5.74) is 1.14. The molecule has 206 valence electrons. The lowest BCUT2D eigenvalue weighted by molar-refractivity contribution is 0.125. The van der Waals surface area contributed by atoms with Crippen LogP contribution in [0.1, 0.15) is 57.4 Å². The molecular weight excluding hydrogens is 474 g/mol. The zero-order valence-electron chi connectivity index (χ0n) is 23.4. The number of unbranched alkanes of at least 4 members (excludes halogenated alkanes) is 1. The van der Waals surface area contributed by atoms with Gasteiger partial charge in [-0.3, -0.25) is 4.99 Å². The van der Waals surface area contributed by atoms with Crippen molar-refractivity contribution >= 4 is 6.72 Å². The second kappa shape index (κ2) is 16.0. The molecule has 0 saturated heterocycles. The number of hydrogen-bond donors (Lipinski definition) is 0. The normalized spacial score (nSPS) is 20.1.